The number of carbonyl (C=O) groups excluding carboxylic acids is 1. The summed E-state index contributed by atoms with van der Waals surface area (Å²) in [7, 11) is 0. The summed E-state index contributed by atoms with van der Waals surface area (Å²) < 4.78 is 0. The molecule has 3 aliphatic heterocycles. The molecule has 88 valence electrons. The Bertz CT molecular complexity index is 499. The number of hydrogen-bond acceptors (Lipinski definition) is 3. The van der Waals surface area contributed by atoms with Gasteiger partial charge in [-0.05, 0) is 24.6 Å². The molecule has 3 aliphatic rings. The maximum absolute atomic E-state index is 11.7. The Balaban J connectivity index is 1.90. The second-order valence-electron chi connectivity index (χ2n) is 5.09. The van der Waals surface area contributed by atoms with E-state index in [0.717, 1.165) is 25.2 Å². The van der Waals surface area contributed by atoms with Crippen molar-refractivity contribution in [3.63, 3.8) is 0 Å². The number of rotatable bonds is 0. The third kappa shape index (κ3) is 1.19. The summed E-state index contributed by atoms with van der Waals surface area (Å²) in [4.78, 5) is 14.0. The SMILES string of the molecule is O=C1CN2c3c(cccc3C3CNCC[C@H]32)N1. The number of anilines is 2. The smallest absolute Gasteiger partial charge is 0.243 e. The summed E-state index contributed by atoms with van der Waals surface area (Å²) in [5, 5.41) is 6.44. The van der Waals surface area contributed by atoms with Gasteiger partial charge in [0.1, 0.15) is 0 Å². The highest BCUT2D eigenvalue weighted by Gasteiger charge is 2.43. The predicted molar refractivity (Wildman–Crippen MR) is 66.4 cm³/mol. The van der Waals surface area contributed by atoms with Crippen LogP contribution in [0.15, 0.2) is 18.2 Å². The lowest BCUT2D eigenvalue weighted by Gasteiger charge is -2.35. The zero-order valence-corrected chi connectivity index (χ0v) is 9.57. The monoisotopic (exact) mass is 229 g/mol. The number of piperidine rings is 1. The molecule has 0 radical (unpaired) electrons. The zero-order chi connectivity index (χ0) is 11.4. The van der Waals surface area contributed by atoms with Crippen molar-refractivity contribution in [3.05, 3.63) is 23.8 Å². The molecule has 0 bridgehead atoms. The van der Waals surface area contributed by atoms with Crippen molar-refractivity contribution in [1.82, 2.24) is 5.32 Å². The van der Waals surface area contributed by atoms with Gasteiger partial charge in [-0.2, -0.15) is 0 Å². The van der Waals surface area contributed by atoms with Crippen molar-refractivity contribution in [2.24, 2.45) is 0 Å². The number of hydrogen-bond donors (Lipinski definition) is 2. The summed E-state index contributed by atoms with van der Waals surface area (Å²) >= 11 is 0. The Morgan fingerprint density at radius 2 is 2.29 bits per heavy atom. The minimum atomic E-state index is 0.119. The number of amides is 1. The van der Waals surface area contributed by atoms with Gasteiger partial charge in [-0.1, -0.05) is 12.1 Å². The van der Waals surface area contributed by atoms with Crippen LogP contribution in [0.25, 0.3) is 0 Å². The van der Waals surface area contributed by atoms with Crippen molar-refractivity contribution >= 4 is 17.3 Å². The van der Waals surface area contributed by atoms with Crippen LogP contribution >= 0.6 is 0 Å². The van der Waals surface area contributed by atoms with E-state index in [0.29, 0.717) is 18.5 Å². The third-order valence-electron chi connectivity index (χ3n) is 4.19. The van der Waals surface area contributed by atoms with Gasteiger partial charge in [0, 0.05) is 18.5 Å². The molecule has 1 amide bonds. The minimum Gasteiger partial charge on any atom is -0.357 e. The molecule has 1 unspecified atom stereocenters. The molecule has 17 heavy (non-hydrogen) atoms. The number of nitrogens with one attached hydrogen (secondary N) is 2. The number of fused-ring (bicyclic) bond motifs is 3. The molecule has 4 heteroatoms. The van der Waals surface area contributed by atoms with Crippen molar-refractivity contribution in [2.45, 2.75) is 18.4 Å². The summed E-state index contributed by atoms with van der Waals surface area (Å²) in [5.41, 5.74) is 3.67. The second kappa shape index (κ2) is 3.23. The highest BCUT2D eigenvalue weighted by Crippen LogP contribution is 2.48. The van der Waals surface area contributed by atoms with Crippen LogP contribution in [0.4, 0.5) is 11.4 Å². The van der Waals surface area contributed by atoms with Crippen LogP contribution in [0, 0.1) is 0 Å². The molecule has 0 aliphatic carbocycles. The van der Waals surface area contributed by atoms with Gasteiger partial charge < -0.3 is 15.5 Å². The van der Waals surface area contributed by atoms with Gasteiger partial charge >= 0.3 is 0 Å². The van der Waals surface area contributed by atoms with Crippen LogP contribution in [-0.4, -0.2) is 31.6 Å². The molecular weight excluding hydrogens is 214 g/mol. The molecule has 4 nitrogen and oxygen atoms in total. The summed E-state index contributed by atoms with van der Waals surface area (Å²) in [6.45, 7) is 2.61. The number of benzene rings is 1. The Hall–Kier alpha value is -1.55. The van der Waals surface area contributed by atoms with Crippen LogP contribution < -0.4 is 15.5 Å². The fraction of sp³-hybridized carbons (Fsp3) is 0.462. The van der Waals surface area contributed by atoms with Gasteiger partial charge in [0.05, 0.1) is 17.9 Å². The summed E-state index contributed by atoms with van der Waals surface area (Å²) in [6, 6.07) is 6.78. The van der Waals surface area contributed by atoms with Gasteiger partial charge in [-0.15, -0.1) is 0 Å². The molecule has 1 saturated heterocycles. The molecule has 1 fully saturated rings. The zero-order valence-electron chi connectivity index (χ0n) is 9.57. The minimum absolute atomic E-state index is 0.119. The molecule has 0 saturated carbocycles. The fourth-order valence-electron chi connectivity index (χ4n) is 3.52. The van der Waals surface area contributed by atoms with Crippen molar-refractivity contribution in [1.29, 1.82) is 0 Å². The maximum Gasteiger partial charge on any atom is 0.243 e. The standard InChI is InChI=1S/C13H15N3O/c17-12-7-16-11-4-5-14-6-9(11)8-2-1-3-10(15-12)13(8)16/h1-3,9,11,14H,4-7H2,(H,15,17)/t9?,11-/m1/s1. The number of carbonyl (C=O) groups is 1. The molecule has 0 spiro atoms. The van der Waals surface area contributed by atoms with Gasteiger partial charge in [0.15, 0.2) is 0 Å². The van der Waals surface area contributed by atoms with E-state index < -0.39 is 0 Å². The van der Waals surface area contributed by atoms with Crippen LogP contribution in [-0.2, 0) is 4.79 Å². The first-order valence-electron chi connectivity index (χ1n) is 6.25. The fourth-order valence-corrected chi connectivity index (χ4v) is 3.52. The topological polar surface area (TPSA) is 44.4 Å². The van der Waals surface area contributed by atoms with Gasteiger partial charge in [0.2, 0.25) is 5.91 Å². The van der Waals surface area contributed by atoms with Crippen LogP contribution in [0.2, 0.25) is 0 Å². The first-order chi connectivity index (χ1) is 8.34. The second-order valence-corrected chi connectivity index (χ2v) is 5.09. The Labute approximate surface area is 100.0 Å². The van der Waals surface area contributed by atoms with E-state index in [1.54, 1.807) is 0 Å². The molecule has 1 aromatic carbocycles. The van der Waals surface area contributed by atoms with Crippen LogP contribution in [0.3, 0.4) is 0 Å². The Morgan fingerprint density at radius 1 is 1.35 bits per heavy atom. The molecule has 1 aromatic rings. The first-order valence-corrected chi connectivity index (χ1v) is 6.25. The third-order valence-corrected chi connectivity index (χ3v) is 4.19. The van der Waals surface area contributed by atoms with E-state index >= 15 is 0 Å². The Morgan fingerprint density at radius 3 is 3.24 bits per heavy atom. The van der Waals surface area contributed by atoms with Gasteiger partial charge in [-0.3, -0.25) is 4.79 Å². The largest absolute Gasteiger partial charge is 0.357 e. The van der Waals surface area contributed by atoms with Crippen LogP contribution in [0.1, 0.15) is 17.9 Å². The molecular formula is C13H15N3O. The lowest BCUT2D eigenvalue weighted by atomic mass is 9.90. The van der Waals surface area contributed by atoms with Crippen molar-refractivity contribution < 1.29 is 4.79 Å². The highest BCUT2D eigenvalue weighted by molar-refractivity contribution is 6.03. The van der Waals surface area contributed by atoms with Crippen LogP contribution in [0.5, 0.6) is 0 Å². The van der Waals surface area contributed by atoms with E-state index in [-0.39, 0.29) is 5.91 Å². The van der Waals surface area contributed by atoms with E-state index in [1.165, 1.54) is 11.3 Å². The predicted octanol–water partition coefficient (Wildman–Crippen LogP) is 0.904. The number of para-hydroxylation sites is 1. The van der Waals surface area contributed by atoms with E-state index in [9.17, 15) is 4.79 Å². The normalized spacial score (nSPS) is 29.6. The van der Waals surface area contributed by atoms with Gasteiger partial charge in [0.25, 0.3) is 0 Å². The number of nitrogens with zero attached hydrogens (tertiary/aromatic N) is 1. The lowest BCUT2D eigenvalue weighted by molar-refractivity contribution is -0.115. The van der Waals surface area contributed by atoms with E-state index in [2.05, 4.69) is 27.7 Å². The Kier molecular flexibility index (Phi) is 1.80. The first kappa shape index (κ1) is 9.48. The average molecular weight is 229 g/mol. The molecule has 2 atom stereocenters. The molecule has 2 N–H and O–H groups in total. The van der Waals surface area contributed by atoms with Crippen molar-refractivity contribution in [3.8, 4) is 0 Å². The highest BCUT2D eigenvalue weighted by atomic mass is 16.2. The lowest BCUT2D eigenvalue weighted by Crippen LogP contribution is -2.48. The quantitative estimate of drug-likeness (QED) is 0.695. The molecule has 3 heterocycles. The summed E-state index contributed by atoms with van der Waals surface area (Å²) in [6.07, 6.45) is 1.13. The van der Waals surface area contributed by atoms with Gasteiger partial charge in [-0.25, -0.2) is 0 Å². The van der Waals surface area contributed by atoms with E-state index in [4.69, 9.17) is 0 Å². The molecule has 0 aromatic heterocycles. The van der Waals surface area contributed by atoms with Crippen molar-refractivity contribution in [2.75, 3.05) is 29.9 Å². The molecule has 4 rings (SSSR count). The average Bonchev–Trinajstić information content (AvgIpc) is 2.67. The van der Waals surface area contributed by atoms with E-state index in [1.807, 2.05) is 6.07 Å². The maximum atomic E-state index is 11.7. The summed E-state index contributed by atoms with van der Waals surface area (Å²) in [5.74, 6) is 0.667.